The number of pyridine rings is 1. The molecule has 0 bridgehead atoms. The van der Waals surface area contributed by atoms with Gasteiger partial charge in [-0.1, -0.05) is 6.07 Å². The highest BCUT2D eigenvalue weighted by Crippen LogP contribution is 2.27. The molecule has 19 heavy (non-hydrogen) atoms. The van der Waals surface area contributed by atoms with Gasteiger partial charge < -0.3 is 5.32 Å². The van der Waals surface area contributed by atoms with Gasteiger partial charge in [0.25, 0.3) is 0 Å². The Morgan fingerprint density at radius 3 is 2.68 bits per heavy atom. The lowest BCUT2D eigenvalue weighted by Crippen LogP contribution is -2.12. The van der Waals surface area contributed by atoms with Crippen LogP contribution in [0.15, 0.2) is 18.3 Å². The van der Waals surface area contributed by atoms with Crippen LogP contribution in [0.1, 0.15) is 29.7 Å². The smallest absolute Gasteiger partial charge is 0.180 e. The standard InChI is InChI=1S/C15H18N4/c1-10-7-8-13(17-9-10)15-18-12-6-4-3-5-11(12)14(16-2)19-15/h7-9H,3-6H2,1-2H3,(H,16,18,19). The number of hydrogen-bond donors (Lipinski definition) is 1. The van der Waals surface area contributed by atoms with E-state index in [4.69, 9.17) is 4.98 Å². The molecular formula is C15H18N4. The van der Waals surface area contributed by atoms with E-state index in [9.17, 15) is 0 Å². The average Bonchev–Trinajstić information content (AvgIpc) is 2.47. The Morgan fingerprint density at radius 2 is 1.95 bits per heavy atom. The van der Waals surface area contributed by atoms with Crippen molar-refractivity contribution in [3.8, 4) is 11.5 Å². The summed E-state index contributed by atoms with van der Waals surface area (Å²) in [6.45, 7) is 2.03. The molecule has 0 saturated carbocycles. The van der Waals surface area contributed by atoms with Crippen LogP contribution >= 0.6 is 0 Å². The van der Waals surface area contributed by atoms with E-state index in [0.717, 1.165) is 35.7 Å². The molecule has 2 aromatic rings. The van der Waals surface area contributed by atoms with Crippen LogP contribution in [0, 0.1) is 6.92 Å². The second kappa shape index (κ2) is 4.96. The highest BCUT2D eigenvalue weighted by molar-refractivity contribution is 5.57. The monoisotopic (exact) mass is 254 g/mol. The van der Waals surface area contributed by atoms with E-state index >= 15 is 0 Å². The molecule has 0 saturated heterocycles. The maximum Gasteiger partial charge on any atom is 0.180 e. The van der Waals surface area contributed by atoms with Gasteiger partial charge in [0.05, 0.1) is 0 Å². The molecule has 98 valence electrons. The normalized spacial score (nSPS) is 14.0. The van der Waals surface area contributed by atoms with Crippen molar-refractivity contribution in [1.29, 1.82) is 0 Å². The molecule has 1 aliphatic rings. The Bertz CT molecular complexity index is 573. The van der Waals surface area contributed by atoms with Crippen molar-refractivity contribution >= 4 is 5.82 Å². The van der Waals surface area contributed by atoms with E-state index in [0.29, 0.717) is 0 Å². The number of aryl methyl sites for hydroxylation is 2. The van der Waals surface area contributed by atoms with E-state index in [1.165, 1.54) is 24.1 Å². The maximum absolute atomic E-state index is 4.71. The van der Waals surface area contributed by atoms with Crippen LogP contribution in [-0.2, 0) is 12.8 Å². The minimum Gasteiger partial charge on any atom is -0.373 e. The fraction of sp³-hybridized carbons (Fsp3) is 0.400. The van der Waals surface area contributed by atoms with E-state index in [1.54, 1.807) is 0 Å². The topological polar surface area (TPSA) is 50.7 Å². The second-order valence-electron chi connectivity index (χ2n) is 5.00. The molecule has 0 unspecified atom stereocenters. The molecule has 1 aliphatic carbocycles. The van der Waals surface area contributed by atoms with Gasteiger partial charge >= 0.3 is 0 Å². The summed E-state index contributed by atoms with van der Waals surface area (Å²) in [7, 11) is 1.92. The first-order valence-corrected chi connectivity index (χ1v) is 6.78. The number of hydrogen-bond acceptors (Lipinski definition) is 4. The van der Waals surface area contributed by atoms with E-state index in [-0.39, 0.29) is 0 Å². The van der Waals surface area contributed by atoms with Gasteiger partial charge in [0.2, 0.25) is 0 Å². The van der Waals surface area contributed by atoms with Gasteiger partial charge in [-0.15, -0.1) is 0 Å². The first-order chi connectivity index (χ1) is 9.28. The lowest BCUT2D eigenvalue weighted by molar-refractivity contribution is 0.665. The number of nitrogens with zero attached hydrogens (tertiary/aromatic N) is 3. The summed E-state index contributed by atoms with van der Waals surface area (Å²) in [5, 5.41) is 3.20. The van der Waals surface area contributed by atoms with Crippen LogP contribution in [0.25, 0.3) is 11.5 Å². The first-order valence-electron chi connectivity index (χ1n) is 6.78. The lowest BCUT2D eigenvalue weighted by Gasteiger charge is -2.18. The van der Waals surface area contributed by atoms with E-state index in [1.807, 2.05) is 32.3 Å². The Hall–Kier alpha value is -1.97. The molecule has 0 aliphatic heterocycles. The molecule has 0 aromatic carbocycles. The lowest BCUT2D eigenvalue weighted by atomic mass is 9.96. The predicted octanol–water partition coefficient (Wildman–Crippen LogP) is 2.77. The Labute approximate surface area is 113 Å². The molecule has 4 heteroatoms. The van der Waals surface area contributed by atoms with Crippen molar-refractivity contribution in [2.24, 2.45) is 0 Å². The summed E-state index contributed by atoms with van der Waals surface area (Å²) >= 11 is 0. The first kappa shape index (κ1) is 12.1. The van der Waals surface area contributed by atoms with Crippen LogP contribution in [0.2, 0.25) is 0 Å². The number of nitrogens with one attached hydrogen (secondary N) is 1. The molecular weight excluding hydrogens is 236 g/mol. The quantitative estimate of drug-likeness (QED) is 0.895. The Balaban J connectivity index is 2.09. The summed E-state index contributed by atoms with van der Waals surface area (Å²) < 4.78 is 0. The Kier molecular flexibility index (Phi) is 3.15. The minimum absolute atomic E-state index is 0.727. The molecule has 0 amide bonds. The van der Waals surface area contributed by atoms with Gasteiger partial charge in [-0.05, 0) is 44.2 Å². The molecule has 2 heterocycles. The van der Waals surface area contributed by atoms with Gasteiger partial charge in [0.15, 0.2) is 5.82 Å². The summed E-state index contributed by atoms with van der Waals surface area (Å²) in [6, 6.07) is 4.03. The third-order valence-corrected chi connectivity index (χ3v) is 3.56. The molecule has 0 spiro atoms. The van der Waals surface area contributed by atoms with Gasteiger partial charge in [-0.3, -0.25) is 4.98 Å². The van der Waals surface area contributed by atoms with Crippen LogP contribution in [0.5, 0.6) is 0 Å². The zero-order valence-electron chi connectivity index (χ0n) is 11.4. The van der Waals surface area contributed by atoms with Crippen molar-refractivity contribution in [3.05, 3.63) is 35.2 Å². The fourth-order valence-electron chi connectivity index (χ4n) is 2.52. The third-order valence-electron chi connectivity index (χ3n) is 3.56. The second-order valence-corrected chi connectivity index (χ2v) is 5.00. The molecule has 2 aromatic heterocycles. The summed E-state index contributed by atoms with van der Waals surface area (Å²) in [5.41, 5.74) is 4.46. The Morgan fingerprint density at radius 1 is 1.11 bits per heavy atom. The van der Waals surface area contributed by atoms with Crippen LogP contribution < -0.4 is 5.32 Å². The molecule has 4 nitrogen and oxygen atoms in total. The number of anilines is 1. The average molecular weight is 254 g/mol. The van der Waals surface area contributed by atoms with Crippen LogP contribution in [0.4, 0.5) is 5.82 Å². The number of fused-ring (bicyclic) bond motifs is 1. The van der Waals surface area contributed by atoms with Gasteiger partial charge in [0.1, 0.15) is 11.5 Å². The fourth-order valence-corrected chi connectivity index (χ4v) is 2.52. The van der Waals surface area contributed by atoms with Gasteiger partial charge in [0, 0.05) is 24.5 Å². The number of rotatable bonds is 2. The predicted molar refractivity (Wildman–Crippen MR) is 76.2 cm³/mol. The van der Waals surface area contributed by atoms with Crippen molar-refractivity contribution in [3.63, 3.8) is 0 Å². The van der Waals surface area contributed by atoms with Crippen LogP contribution in [0.3, 0.4) is 0 Å². The van der Waals surface area contributed by atoms with Crippen LogP contribution in [-0.4, -0.2) is 22.0 Å². The van der Waals surface area contributed by atoms with Gasteiger partial charge in [-0.25, -0.2) is 9.97 Å². The highest BCUT2D eigenvalue weighted by atomic mass is 15.0. The zero-order valence-corrected chi connectivity index (χ0v) is 11.4. The summed E-state index contributed by atoms with van der Waals surface area (Å²) in [6.07, 6.45) is 6.43. The SMILES string of the molecule is CNc1nc(-c2ccc(C)cn2)nc2c1CCCC2. The molecule has 0 fully saturated rings. The van der Waals surface area contributed by atoms with Crippen molar-refractivity contribution in [1.82, 2.24) is 15.0 Å². The van der Waals surface area contributed by atoms with Gasteiger partial charge in [-0.2, -0.15) is 0 Å². The molecule has 3 rings (SSSR count). The third kappa shape index (κ3) is 2.30. The largest absolute Gasteiger partial charge is 0.373 e. The van der Waals surface area contributed by atoms with Crippen molar-refractivity contribution in [2.75, 3.05) is 12.4 Å². The summed E-state index contributed by atoms with van der Waals surface area (Å²) in [5.74, 6) is 1.69. The van der Waals surface area contributed by atoms with E-state index < -0.39 is 0 Å². The van der Waals surface area contributed by atoms with Crippen molar-refractivity contribution < 1.29 is 0 Å². The number of aromatic nitrogens is 3. The highest BCUT2D eigenvalue weighted by Gasteiger charge is 2.18. The molecule has 0 radical (unpaired) electrons. The van der Waals surface area contributed by atoms with Crippen molar-refractivity contribution in [2.45, 2.75) is 32.6 Å². The molecule has 1 N–H and O–H groups in total. The maximum atomic E-state index is 4.71. The zero-order chi connectivity index (χ0) is 13.2. The summed E-state index contributed by atoms with van der Waals surface area (Å²) in [4.78, 5) is 13.7. The minimum atomic E-state index is 0.727. The molecule has 0 atom stereocenters. The van der Waals surface area contributed by atoms with E-state index in [2.05, 4.69) is 15.3 Å².